The van der Waals surface area contributed by atoms with Crippen LogP contribution in [-0.2, 0) is 14.3 Å². The average molecular weight is 212 g/mol. The van der Waals surface area contributed by atoms with Crippen LogP contribution in [0.5, 0.6) is 0 Å². The molecule has 3 heteroatoms. The molecule has 2 unspecified atom stereocenters. The van der Waals surface area contributed by atoms with Crippen molar-refractivity contribution in [3.8, 4) is 0 Å². The number of ketones is 1. The lowest BCUT2D eigenvalue weighted by Gasteiger charge is -2.18. The molecule has 0 rings (SSSR count). The molecule has 0 saturated carbocycles. The lowest BCUT2D eigenvalue weighted by Crippen LogP contribution is -2.27. The van der Waals surface area contributed by atoms with Gasteiger partial charge in [-0.15, -0.1) is 0 Å². The summed E-state index contributed by atoms with van der Waals surface area (Å²) in [4.78, 5) is 22.5. The summed E-state index contributed by atoms with van der Waals surface area (Å²) in [6.45, 7) is 8.87. The van der Waals surface area contributed by atoms with E-state index < -0.39 is 5.97 Å². The van der Waals surface area contributed by atoms with Crippen LogP contribution in [0.2, 0.25) is 0 Å². The Hall–Kier alpha value is -1.12. The molecular formula is C12H20O3. The maximum Gasteiger partial charge on any atom is 0.330 e. The zero-order valence-corrected chi connectivity index (χ0v) is 9.79. The summed E-state index contributed by atoms with van der Waals surface area (Å²) in [5.74, 6) is -0.556. The van der Waals surface area contributed by atoms with Crippen molar-refractivity contribution in [2.45, 2.75) is 46.1 Å². The van der Waals surface area contributed by atoms with Gasteiger partial charge in [0.1, 0.15) is 11.9 Å². The van der Waals surface area contributed by atoms with Crippen LogP contribution < -0.4 is 0 Å². The highest BCUT2D eigenvalue weighted by molar-refractivity contribution is 5.83. The quantitative estimate of drug-likeness (QED) is 0.481. The fourth-order valence-electron chi connectivity index (χ4n) is 1.17. The monoisotopic (exact) mass is 212 g/mol. The summed E-state index contributed by atoms with van der Waals surface area (Å²) < 4.78 is 4.98. The summed E-state index contributed by atoms with van der Waals surface area (Å²) >= 11 is 0. The van der Waals surface area contributed by atoms with Crippen LogP contribution in [0.25, 0.3) is 0 Å². The molecule has 0 fully saturated rings. The molecule has 0 aromatic carbocycles. The Bertz CT molecular complexity index is 233. The van der Waals surface area contributed by atoms with E-state index in [9.17, 15) is 9.59 Å². The first kappa shape index (κ1) is 13.9. The van der Waals surface area contributed by atoms with Crippen molar-refractivity contribution in [3.63, 3.8) is 0 Å². The molecule has 0 aliphatic heterocycles. The Labute approximate surface area is 91.5 Å². The van der Waals surface area contributed by atoms with Crippen LogP contribution in [-0.4, -0.2) is 17.9 Å². The summed E-state index contributed by atoms with van der Waals surface area (Å²) in [6, 6.07) is 0. The minimum Gasteiger partial charge on any atom is -0.459 e. The average Bonchev–Trinajstić information content (AvgIpc) is 2.24. The van der Waals surface area contributed by atoms with Gasteiger partial charge in [0.2, 0.25) is 0 Å². The van der Waals surface area contributed by atoms with Crippen LogP contribution in [0.3, 0.4) is 0 Å². The van der Waals surface area contributed by atoms with Gasteiger partial charge in [0.25, 0.3) is 0 Å². The Morgan fingerprint density at radius 2 is 2.00 bits per heavy atom. The number of ether oxygens (including phenoxy) is 1. The maximum absolute atomic E-state index is 11.6. The van der Waals surface area contributed by atoms with Crippen LogP contribution in [0.15, 0.2) is 12.7 Å². The van der Waals surface area contributed by atoms with E-state index in [1.165, 1.54) is 0 Å². The van der Waals surface area contributed by atoms with Crippen molar-refractivity contribution < 1.29 is 14.3 Å². The van der Waals surface area contributed by atoms with Gasteiger partial charge in [-0.2, -0.15) is 0 Å². The topological polar surface area (TPSA) is 43.4 Å². The lowest BCUT2D eigenvalue weighted by molar-refractivity contribution is -0.146. The van der Waals surface area contributed by atoms with Crippen LogP contribution in [0.4, 0.5) is 0 Å². The molecule has 3 nitrogen and oxygen atoms in total. The molecule has 0 aliphatic rings. The third kappa shape index (κ3) is 5.35. The normalized spacial score (nSPS) is 14.1. The molecule has 0 aromatic rings. The van der Waals surface area contributed by atoms with Gasteiger partial charge < -0.3 is 4.74 Å². The first-order chi connectivity index (χ1) is 7.02. The third-order valence-corrected chi connectivity index (χ3v) is 2.46. The van der Waals surface area contributed by atoms with E-state index in [0.717, 1.165) is 18.9 Å². The zero-order valence-electron chi connectivity index (χ0n) is 9.79. The van der Waals surface area contributed by atoms with E-state index in [2.05, 4.69) is 6.58 Å². The largest absolute Gasteiger partial charge is 0.459 e. The van der Waals surface area contributed by atoms with E-state index in [0.29, 0.717) is 6.42 Å². The SMILES string of the molecule is C=CC(=O)OC(C)C(C)C(=O)CCCC. The van der Waals surface area contributed by atoms with E-state index in [4.69, 9.17) is 4.74 Å². The second-order valence-electron chi connectivity index (χ2n) is 3.70. The van der Waals surface area contributed by atoms with E-state index in [-0.39, 0.29) is 17.8 Å². The Kier molecular flexibility index (Phi) is 6.67. The van der Waals surface area contributed by atoms with Gasteiger partial charge in [0.05, 0.1) is 5.92 Å². The van der Waals surface area contributed by atoms with Gasteiger partial charge in [-0.25, -0.2) is 4.79 Å². The van der Waals surface area contributed by atoms with Crippen molar-refractivity contribution >= 4 is 11.8 Å². The number of Topliss-reactive ketones (excluding diaryl/α,β-unsaturated/α-hetero) is 1. The third-order valence-electron chi connectivity index (χ3n) is 2.46. The fraction of sp³-hybridized carbons (Fsp3) is 0.667. The van der Waals surface area contributed by atoms with Crippen LogP contribution in [0, 0.1) is 5.92 Å². The number of rotatable bonds is 7. The van der Waals surface area contributed by atoms with Crippen LogP contribution in [0.1, 0.15) is 40.0 Å². The fourth-order valence-corrected chi connectivity index (χ4v) is 1.17. The molecule has 86 valence electrons. The highest BCUT2D eigenvalue weighted by Gasteiger charge is 2.21. The predicted octanol–water partition coefficient (Wildman–Crippen LogP) is 2.50. The molecule has 0 aromatic heterocycles. The minimum atomic E-state index is -0.474. The maximum atomic E-state index is 11.6. The molecule has 2 atom stereocenters. The molecule has 0 saturated heterocycles. The first-order valence-corrected chi connectivity index (χ1v) is 5.38. The van der Waals surface area contributed by atoms with Crippen LogP contribution >= 0.6 is 0 Å². The van der Waals surface area contributed by atoms with Crippen molar-refractivity contribution in [1.29, 1.82) is 0 Å². The van der Waals surface area contributed by atoms with Crippen molar-refractivity contribution in [2.75, 3.05) is 0 Å². The van der Waals surface area contributed by atoms with Crippen molar-refractivity contribution in [1.82, 2.24) is 0 Å². The van der Waals surface area contributed by atoms with E-state index >= 15 is 0 Å². The highest BCUT2D eigenvalue weighted by Crippen LogP contribution is 2.12. The van der Waals surface area contributed by atoms with Crippen molar-refractivity contribution in [3.05, 3.63) is 12.7 Å². The number of carbonyl (C=O) groups excluding carboxylic acids is 2. The van der Waals surface area contributed by atoms with E-state index in [1.807, 2.05) is 6.92 Å². The minimum absolute atomic E-state index is 0.154. The molecule has 0 spiro atoms. The Morgan fingerprint density at radius 1 is 1.40 bits per heavy atom. The smallest absolute Gasteiger partial charge is 0.330 e. The number of hydrogen-bond donors (Lipinski definition) is 0. The molecule has 0 amide bonds. The van der Waals surface area contributed by atoms with Gasteiger partial charge in [-0.1, -0.05) is 26.8 Å². The Morgan fingerprint density at radius 3 is 2.47 bits per heavy atom. The standard InChI is InChI=1S/C12H20O3/c1-5-7-8-11(13)9(3)10(4)15-12(14)6-2/h6,9-10H,2,5,7-8H2,1,3-4H3. The predicted molar refractivity (Wildman–Crippen MR) is 59.4 cm³/mol. The molecule has 15 heavy (non-hydrogen) atoms. The molecule has 0 radical (unpaired) electrons. The number of unbranched alkanes of at least 4 members (excludes halogenated alkanes) is 1. The molecule has 0 heterocycles. The second-order valence-corrected chi connectivity index (χ2v) is 3.70. The summed E-state index contributed by atoms with van der Waals surface area (Å²) in [5, 5.41) is 0. The number of esters is 1. The Balaban J connectivity index is 4.06. The van der Waals surface area contributed by atoms with Gasteiger partial charge in [-0.05, 0) is 13.3 Å². The lowest BCUT2D eigenvalue weighted by atomic mass is 9.97. The van der Waals surface area contributed by atoms with E-state index in [1.54, 1.807) is 13.8 Å². The first-order valence-electron chi connectivity index (χ1n) is 5.38. The second kappa shape index (κ2) is 7.21. The zero-order chi connectivity index (χ0) is 11.8. The number of carbonyl (C=O) groups is 2. The summed E-state index contributed by atoms with van der Waals surface area (Å²) in [6.07, 6.45) is 3.19. The molecule has 0 aliphatic carbocycles. The summed E-state index contributed by atoms with van der Waals surface area (Å²) in [7, 11) is 0. The van der Waals surface area contributed by atoms with Crippen molar-refractivity contribution in [2.24, 2.45) is 5.92 Å². The van der Waals surface area contributed by atoms with Gasteiger partial charge in [0.15, 0.2) is 0 Å². The summed E-state index contributed by atoms with van der Waals surface area (Å²) in [5.41, 5.74) is 0. The number of hydrogen-bond acceptors (Lipinski definition) is 3. The molecule has 0 bridgehead atoms. The molecular weight excluding hydrogens is 192 g/mol. The van der Waals surface area contributed by atoms with Gasteiger partial charge in [-0.3, -0.25) is 4.79 Å². The molecule has 0 N–H and O–H groups in total. The highest BCUT2D eigenvalue weighted by atomic mass is 16.5. The van der Waals surface area contributed by atoms with Gasteiger partial charge in [0, 0.05) is 12.5 Å². The van der Waals surface area contributed by atoms with Gasteiger partial charge >= 0.3 is 5.97 Å².